The fourth-order valence-electron chi connectivity index (χ4n) is 1.24. The Morgan fingerprint density at radius 2 is 1.90 bits per heavy atom. The van der Waals surface area contributed by atoms with E-state index in [-0.39, 0.29) is 0 Å². The van der Waals surface area contributed by atoms with Crippen molar-refractivity contribution in [1.29, 1.82) is 0 Å². The molecule has 1 aromatic rings. The molecule has 0 fully saturated rings. The number of carbonyl (C=O) groups is 1. The van der Waals surface area contributed by atoms with E-state index in [4.69, 9.17) is 0 Å². The number of esters is 1. The Morgan fingerprint density at radius 1 is 1.30 bits per heavy atom. The number of aromatic nitrogens is 1. The molecule has 10 heteroatoms. The maximum Gasteiger partial charge on any atom is 0.573 e. The summed E-state index contributed by atoms with van der Waals surface area (Å²) in [6.07, 6.45) is -8.28. The molecule has 0 aliphatic carbocycles. The van der Waals surface area contributed by atoms with Crippen LogP contribution in [0.3, 0.4) is 0 Å². The van der Waals surface area contributed by atoms with Gasteiger partial charge >= 0.3 is 12.3 Å². The molecule has 112 valence electrons. The Morgan fingerprint density at radius 3 is 2.30 bits per heavy atom. The number of hydrogen-bond acceptors (Lipinski definition) is 5. The molecule has 0 saturated carbocycles. The molecule has 0 aliphatic rings. The monoisotopic (exact) mass is 301 g/mol. The summed E-state index contributed by atoms with van der Waals surface area (Å²) in [5.74, 6) is -3.23. The zero-order valence-corrected chi connectivity index (χ0v) is 10.1. The van der Waals surface area contributed by atoms with Crippen LogP contribution in [0, 0.1) is 0 Å². The van der Waals surface area contributed by atoms with Gasteiger partial charge in [-0.2, -0.15) is 0 Å². The number of nitrogens with zero attached hydrogens (tertiary/aromatic N) is 1. The van der Waals surface area contributed by atoms with Crippen LogP contribution >= 0.6 is 0 Å². The van der Waals surface area contributed by atoms with E-state index in [1.54, 1.807) is 0 Å². The van der Waals surface area contributed by atoms with Crippen LogP contribution in [-0.2, 0) is 4.74 Å². The second kappa shape index (κ2) is 5.88. The lowest BCUT2D eigenvalue weighted by molar-refractivity contribution is -0.275. The van der Waals surface area contributed by atoms with E-state index in [0.717, 1.165) is 14.2 Å². The highest BCUT2D eigenvalue weighted by molar-refractivity contribution is 5.91. The Balaban J connectivity index is 3.48. The molecular weight excluding hydrogens is 293 g/mol. The van der Waals surface area contributed by atoms with Crippen LogP contribution in [-0.4, -0.2) is 31.5 Å². The van der Waals surface area contributed by atoms with Gasteiger partial charge in [0.05, 0.1) is 14.2 Å². The predicted octanol–water partition coefficient (Wildman–Crippen LogP) is 2.71. The molecule has 0 saturated heterocycles. The van der Waals surface area contributed by atoms with Crippen molar-refractivity contribution in [3.63, 3.8) is 0 Å². The molecule has 0 atom stereocenters. The van der Waals surface area contributed by atoms with Crippen LogP contribution in [0.4, 0.5) is 22.0 Å². The lowest BCUT2D eigenvalue weighted by Gasteiger charge is -2.15. The molecule has 1 aromatic heterocycles. The molecule has 0 bridgehead atoms. The van der Waals surface area contributed by atoms with Crippen molar-refractivity contribution < 1.29 is 41.0 Å². The normalized spacial score (nSPS) is 11.4. The summed E-state index contributed by atoms with van der Waals surface area (Å²) in [6, 6.07) is 0.540. The molecule has 0 radical (unpaired) electrons. The summed E-state index contributed by atoms with van der Waals surface area (Å²) in [4.78, 5) is 14.4. The van der Waals surface area contributed by atoms with Gasteiger partial charge < -0.3 is 14.2 Å². The maximum atomic E-state index is 12.6. The average Bonchev–Trinajstić information content (AvgIpc) is 2.35. The Hall–Kier alpha value is -2.13. The molecule has 1 rings (SSSR count). The third-order valence-corrected chi connectivity index (χ3v) is 2.00. The molecule has 20 heavy (non-hydrogen) atoms. The van der Waals surface area contributed by atoms with Gasteiger partial charge in [0.15, 0.2) is 11.4 Å². The highest BCUT2D eigenvalue weighted by atomic mass is 19.4. The molecule has 0 unspecified atom stereocenters. The van der Waals surface area contributed by atoms with Gasteiger partial charge in [-0.05, 0) is 0 Å². The number of ether oxygens (including phenoxy) is 3. The van der Waals surface area contributed by atoms with Gasteiger partial charge in [0, 0.05) is 6.07 Å². The number of carbonyl (C=O) groups excluding carboxylic acids is 1. The molecule has 0 amide bonds. The fourth-order valence-corrected chi connectivity index (χ4v) is 1.24. The topological polar surface area (TPSA) is 57.7 Å². The molecule has 0 N–H and O–H groups in total. The van der Waals surface area contributed by atoms with Crippen molar-refractivity contribution in [2.45, 2.75) is 12.8 Å². The average molecular weight is 301 g/mol. The number of pyridine rings is 1. The van der Waals surface area contributed by atoms with Crippen molar-refractivity contribution in [2.75, 3.05) is 14.2 Å². The first-order valence-electron chi connectivity index (χ1n) is 4.90. The second-order valence-electron chi connectivity index (χ2n) is 3.27. The fraction of sp³-hybridized carbons (Fsp3) is 0.400. The number of halogens is 5. The zero-order valence-electron chi connectivity index (χ0n) is 10.1. The first-order chi connectivity index (χ1) is 9.19. The molecule has 1 heterocycles. The van der Waals surface area contributed by atoms with Crippen LogP contribution in [0.2, 0.25) is 0 Å². The van der Waals surface area contributed by atoms with Crippen molar-refractivity contribution >= 4 is 5.97 Å². The van der Waals surface area contributed by atoms with E-state index in [2.05, 4.69) is 19.2 Å². The minimum absolute atomic E-state index is 0.540. The van der Waals surface area contributed by atoms with Crippen LogP contribution in [0.5, 0.6) is 11.5 Å². The van der Waals surface area contributed by atoms with E-state index in [0.29, 0.717) is 6.07 Å². The number of rotatable bonds is 4. The Kier molecular flexibility index (Phi) is 4.69. The SMILES string of the molecule is COC(=O)c1nc(C(F)F)cc(OC)c1OC(F)(F)F. The first-order valence-corrected chi connectivity index (χ1v) is 4.90. The maximum absolute atomic E-state index is 12.6. The summed E-state index contributed by atoms with van der Waals surface area (Å²) < 4.78 is 74.2. The van der Waals surface area contributed by atoms with Crippen LogP contribution in [0.1, 0.15) is 22.6 Å². The van der Waals surface area contributed by atoms with E-state index in [1.807, 2.05) is 0 Å². The van der Waals surface area contributed by atoms with Gasteiger partial charge in [0.2, 0.25) is 5.75 Å². The molecule has 0 spiro atoms. The molecule has 0 aliphatic heterocycles. The first kappa shape index (κ1) is 15.9. The lowest BCUT2D eigenvalue weighted by atomic mass is 10.2. The standard InChI is InChI=1S/C10H8F5NO4/c1-18-5-3-4(8(11)12)16-6(9(17)19-2)7(5)20-10(13,14)15/h3,8H,1-2H3. The number of hydrogen-bond donors (Lipinski definition) is 0. The molecule has 5 nitrogen and oxygen atoms in total. The van der Waals surface area contributed by atoms with Crippen LogP contribution < -0.4 is 9.47 Å². The second-order valence-corrected chi connectivity index (χ2v) is 3.27. The summed E-state index contributed by atoms with van der Waals surface area (Å²) in [5, 5.41) is 0. The molecular formula is C10H8F5NO4. The third-order valence-electron chi connectivity index (χ3n) is 2.00. The highest BCUT2D eigenvalue weighted by Gasteiger charge is 2.36. The van der Waals surface area contributed by atoms with Crippen molar-refractivity contribution in [1.82, 2.24) is 4.98 Å². The lowest BCUT2D eigenvalue weighted by Crippen LogP contribution is -2.21. The van der Waals surface area contributed by atoms with Gasteiger partial charge in [-0.15, -0.1) is 13.2 Å². The van der Waals surface area contributed by atoms with Crippen LogP contribution in [0.15, 0.2) is 6.07 Å². The minimum Gasteiger partial charge on any atom is -0.493 e. The van der Waals surface area contributed by atoms with Crippen LogP contribution in [0.25, 0.3) is 0 Å². The smallest absolute Gasteiger partial charge is 0.493 e. The van der Waals surface area contributed by atoms with Crippen molar-refractivity contribution in [2.24, 2.45) is 0 Å². The number of methoxy groups -OCH3 is 2. The molecule has 0 aromatic carbocycles. The van der Waals surface area contributed by atoms with Crippen molar-refractivity contribution in [3.8, 4) is 11.5 Å². The summed E-state index contributed by atoms with van der Waals surface area (Å²) in [7, 11) is 1.78. The van der Waals surface area contributed by atoms with Crippen molar-refractivity contribution in [3.05, 3.63) is 17.5 Å². The van der Waals surface area contributed by atoms with Gasteiger partial charge in [0.1, 0.15) is 5.69 Å². The third kappa shape index (κ3) is 3.68. The van der Waals surface area contributed by atoms with E-state index < -0.39 is 41.6 Å². The predicted molar refractivity (Wildman–Crippen MR) is 53.8 cm³/mol. The van der Waals surface area contributed by atoms with E-state index in [9.17, 15) is 26.7 Å². The summed E-state index contributed by atoms with van der Waals surface area (Å²) in [5.41, 5.74) is -2.00. The summed E-state index contributed by atoms with van der Waals surface area (Å²) in [6.45, 7) is 0. The largest absolute Gasteiger partial charge is 0.573 e. The quantitative estimate of drug-likeness (QED) is 0.632. The van der Waals surface area contributed by atoms with Gasteiger partial charge in [-0.25, -0.2) is 18.6 Å². The minimum atomic E-state index is -5.16. The summed E-state index contributed by atoms with van der Waals surface area (Å²) >= 11 is 0. The highest BCUT2D eigenvalue weighted by Crippen LogP contribution is 2.37. The Labute approximate surface area is 109 Å². The van der Waals surface area contributed by atoms with E-state index in [1.165, 1.54) is 0 Å². The Bertz CT molecular complexity index is 503. The zero-order chi connectivity index (χ0) is 15.5. The van der Waals surface area contributed by atoms with Gasteiger partial charge in [-0.3, -0.25) is 0 Å². The van der Waals surface area contributed by atoms with Gasteiger partial charge in [0.25, 0.3) is 6.43 Å². The van der Waals surface area contributed by atoms with Gasteiger partial charge in [-0.1, -0.05) is 0 Å². The van der Waals surface area contributed by atoms with E-state index >= 15 is 0 Å². The number of alkyl halides is 5.